The molecule has 1 fully saturated rings. The van der Waals surface area contributed by atoms with Gasteiger partial charge in [-0.25, -0.2) is 4.98 Å². The van der Waals surface area contributed by atoms with Crippen molar-refractivity contribution in [3.63, 3.8) is 0 Å². The molecule has 1 aliphatic rings. The number of aromatic nitrogens is 4. The zero-order chi connectivity index (χ0) is 26.2. The molecule has 1 N–H and O–H groups in total. The van der Waals surface area contributed by atoms with Crippen LogP contribution in [0.25, 0.3) is 28.2 Å². The van der Waals surface area contributed by atoms with Gasteiger partial charge in [0.05, 0.1) is 5.69 Å². The van der Waals surface area contributed by atoms with Crippen molar-refractivity contribution in [1.29, 1.82) is 0 Å². The van der Waals surface area contributed by atoms with Crippen LogP contribution in [-0.2, 0) is 0 Å². The number of nitrogens with one attached hydrogen (secondary N) is 1. The van der Waals surface area contributed by atoms with Crippen LogP contribution < -0.4 is 10.8 Å². The highest BCUT2D eigenvalue weighted by atomic mass is 35.5. The molecule has 0 saturated carbocycles. The number of likely N-dealkylation sites (tertiary alicyclic amines) is 1. The van der Waals surface area contributed by atoms with Crippen molar-refractivity contribution < 1.29 is 9.32 Å². The summed E-state index contributed by atoms with van der Waals surface area (Å²) in [7, 11) is 6.16. The van der Waals surface area contributed by atoms with Gasteiger partial charge in [-0.2, -0.15) is 9.61 Å². The minimum Gasteiger partial charge on any atom is -0.367 e. The Morgan fingerprint density at radius 1 is 1.11 bits per heavy atom. The number of hydrogen-bond acceptors (Lipinski definition) is 6. The van der Waals surface area contributed by atoms with Gasteiger partial charge in [-0.3, -0.25) is 4.79 Å². The van der Waals surface area contributed by atoms with Gasteiger partial charge in [0, 0.05) is 47.5 Å². The lowest BCUT2D eigenvalue weighted by Crippen LogP contribution is -2.42. The molecule has 6 rings (SSSR count). The molecule has 0 atom stereocenters. The molecule has 1 saturated heterocycles. The molecule has 2 radical (unpaired) electrons. The van der Waals surface area contributed by atoms with Crippen molar-refractivity contribution in [2.24, 2.45) is 0 Å². The van der Waals surface area contributed by atoms with E-state index < -0.39 is 0 Å². The van der Waals surface area contributed by atoms with E-state index in [4.69, 9.17) is 29.0 Å². The summed E-state index contributed by atoms with van der Waals surface area (Å²) in [6.45, 7) is 2.98. The molecule has 5 aromatic rings. The second kappa shape index (κ2) is 9.98. The molecule has 4 heterocycles. The highest BCUT2D eigenvalue weighted by Gasteiger charge is 2.29. The van der Waals surface area contributed by atoms with E-state index in [1.165, 1.54) is 0 Å². The summed E-state index contributed by atoms with van der Waals surface area (Å²) in [5.74, 6) is 1.23. The molecule has 0 bridgehead atoms. The first-order valence-electron chi connectivity index (χ1n) is 12.5. The fraction of sp³-hybridized carbons (Fsp3) is 0.214. The molecule has 188 valence electrons. The molecular weight excluding hydrogens is 499 g/mol. The maximum absolute atomic E-state index is 13.5. The fourth-order valence-corrected chi connectivity index (χ4v) is 5.13. The summed E-state index contributed by atoms with van der Waals surface area (Å²) >= 11 is 6.45. The van der Waals surface area contributed by atoms with E-state index >= 15 is 0 Å². The van der Waals surface area contributed by atoms with E-state index in [0.29, 0.717) is 51.9 Å². The molecule has 10 heteroatoms. The van der Waals surface area contributed by atoms with Crippen LogP contribution in [0.2, 0.25) is 5.02 Å². The van der Waals surface area contributed by atoms with Gasteiger partial charge in [-0.15, -0.1) is 0 Å². The second-order valence-corrected chi connectivity index (χ2v) is 9.79. The molecule has 3 aromatic heterocycles. The van der Waals surface area contributed by atoms with Crippen LogP contribution in [0.3, 0.4) is 0 Å². The van der Waals surface area contributed by atoms with Gasteiger partial charge in [-0.1, -0.05) is 65.3 Å². The number of fused-ring (bicyclic) bond motifs is 1. The van der Waals surface area contributed by atoms with Gasteiger partial charge in [0.15, 0.2) is 5.65 Å². The van der Waals surface area contributed by atoms with Crippen LogP contribution in [0.4, 0.5) is 5.82 Å². The fourth-order valence-electron chi connectivity index (χ4n) is 4.90. The van der Waals surface area contributed by atoms with Crippen molar-refractivity contribution in [2.45, 2.75) is 25.8 Å². The Bertz CT molecular complexity index is 1630. The van der Waals surface area contributed by atoms with Crippen molar-refractivity contribution >= 4 is 42.3 Å². The predicted molar refractivity (Wildman–Crippen MR) is 148 cm³/mol. The first-order valence-corrected chi connectivity index (χ1v) is 12.8. The van der Waals surface area contributed by atoms with E-state index in [1.807, 2.05) is 65.6 Å². The van der Waals surface area contributed by atoms with Crippen LogP contribution in [0.15, 0.2) is 71.4 Å². The van der Waals surface area contributed by atoms with Crippen LogP contribution in [-0.4, -0.2) is 57.5 Å². The SMILES string of the molecule is [B]c1cnn2c(NC3CCN(C(=O)c4c(-c5ccccc5)noc4C)CC3)cc(-c3ccccc3Cl)nc12. The molecule has 0 aliphatic carbocycles. The third-order valence-electron chi connectivity index (χ3n) is 6.91. The zero-order valence-corrected chi connectivity index (χ0v) is 21.5. The maximum atomic E-state index is 13.5. The second-order valence-electron chi connectivity index (χ2n) is 9.38. The Morgan fingerprint density at radius 3 is 2.61 bits per heavy atom. The number of nitrogens with zero attached hydrogens (tertiary/aromatic N) is 5. The number of halogens is 1. The maximum Gasteiger partial charge on any atom is 0.259 e. The first-order chi connectivity index (χ1) is 18.5. The lowest BCUT2D eigenvalue weighted by atomic mass is 10.0. The summed E-state index contributed by atoms with van der Waals surface area (Å²) in [4.78, 5) is 20.1. The largest absolute Gasteiger partial charge is 0.367 e. The average molecular weight is 523 g/mol. The Balaban J connectivity index is 1.21. The lowest BCUT2D eigenvalue weighted by Gasteiger charge is -2.33. The lowest BCUT2D eigenvalue weighted by molar-refractivity contribution is 0.0717. The molecule has 1 amide bonds. The highest BCUT2D eigenvalue weighted by molar-refractivity contribution is 6.36. The van der Waals surface area contributed by atoms with Crippen molar-refractivity contribution in [1.82, 2.24) is 24.7 Å². The van der Waals surface area contributed by atoms with Crippen LogP contribution in [0, 0.1) is 6.92 Å². The van der Waals surface area contributed by atoms with Crippen molar-refractivity contribution in [2.75, 3.05) is 18.4 Å². The van der Waals surface area contributed by atoms with Gasteiger partial charge in [0.1, 0.15) is 30.7 Å². The topological polar surface area (TPSA) is 88.6 Å². The Morgan fingerprint density at radius 2 is 1.84 bits per heavy atom. The quantitative estimate of drug-likeness (QED) is 0.341. The van der Waals surface area contributed by atoms with E-state index in [0.717, 1.165) is 29.8 Å². The van der Waals surface area contributed by atoms with Crippen LogP contribution in [0.5, 0.6) is 0 Å². The Hall–Kier alpha value is -4.11. The highest BCUT2D eigenvalue weighted by Crippen LogP contribution is 2.30. The predicted octanol–water partition coefficient (Wildman–Crippen LogP) is 4.52. The molecule has 0 unspecified atom stereocenters. The molecule has 8 nitrogen and oxygen atoms in total. The molecule has 38 heavy (non-hydrogen) atoms. The van der Waals surface area contributed by atoms with Crippen LogP contribution in [0.1, 0.15) is 29.0 Å². The van der Waals surface area contributed by atoms with Gasteiger partial charge in [0.25, 0.3) is 5.91 Å². The monoisotopic (exact) mass is 522 g/mol. The molecular formula is C28H24BClN6O2. The van der Waals surface area contributed by atoms with Crippen molar-refractivity contribution in [3.8, 4) is 22.5 Å². The standard InChI is InChI=1S/C28H24BClN6O2/c1-17-25(26(34-38-17)18-7-3-2-4-8-18)28(37)35-13-11-19(12-14-35)32-24-15-23(20-9-5-6-10-22(20)30)33-27-21(29)16-31-36(24)27/h2-10,15-16,19,32H,11-14H2,1H3. The number of amides is 1. The van der Waals surface area contributed by atoms with E-state index in [-0.39, 0.29) is 11.9 Å². The number of carbonyl (C=O) groups excluding carboxylic acids is 1. The number of benzene rings is 2. The normalized spacial score (nSPS) is 14.2. The number of aryl methyl sites for hydroxylation is 1. The number of carbonyl (C=O) groups is 1. The van der Waals surface area contributed by atoms with E-state index in [9.17, 15) is 4.79 Å². The van der Waals surface area contributed by atoms with Crippen molar-refractivity contribution in [3.05, 3.63) is 83.2 Å². The minimum atomic E-state index is -0.0618. The van der Waals surface area contributed by atoms with Crippen LogP contribution >= 0.6 is 11.6 Å². The summed E-state index contributed by atoms with van der Waals surface area (Å²) in [6.07, 6.45) is 3.12. The third-order valence-corrected chi connectivity index (χ3v) is 7.24. The van der Waals surface area contributed by atoms with Gasteiger partial charge < -0.3 is 14.7 Å². The number of anilines is 1. The van der Waals surface area contributed by atoms with Gasteiger partial charge in [-0.05, 0) is 31.3 Å². The van der Waals surface area contributed by atoms with Gasteiger partial charge in [0.2, 0.25) is 0 Å². The number of piperidine rings is 1. The Labute approximate surface area is 226 Å². The minimum absolute atomic E-state index is 0.0618. The number of hydrogen-bond donors (Lipinski definition) is 1. The Kier molecular flexibility index (Phi) is 6.37. The molecule has 2 aromatic carbocycles. The summed E-state index contributed by atoms with van der Waals surface area (Å²) < 4.78 is 7.12. The number of rotatable bonds is 5. The third kappa shape index (κ3) is 4.43. The average Bonchev–Trinajstić information content (AvgIpc) is 3.52. The smallest absolute Gasteiger partial charge is 0.259 e. The zero-order valence-electron chi connectivity index (χ0n) is 20.8. The molecule has 1 aliphatic heterocycles. The molecule has 0 spiro atoms. The van der Waals surface area contributed by atoms with Gasteiger partial charge >= 0.3 is 0 Å². The van der Waals surface area contributed by atoms with E-state index in [2.05, 4.69) is 15.6 Å². The summed E-state index contributed by atoms with van der Waals surface area (Å²) in [6, 6.07) is 19.3. The first kappa shape index (κ1) is 24.2. The summed E-state index contributed by atoms with van der Waals surface area (Å²) in [5, 5.41) is 12.8. The van der Waals surface area contributed by atoms with E-state index in [1.54, 1.807) is 17.6 Å². The summed E-state index contributed by atoms with van der Waals surface area (Å²) in [5.41, 5.74) is 4.54.